The third-order valence-corrected chi connectivity index (χ3v) is 3.96. The first-order chi connectivity index (χ1) is 13.6. The molecule has 28 heavy (non-hydrogen) atoms. The topological polar surface area (TPSA) is 96.3 Å². The summed E-state index contributed by atoms with van der Waals surface area (Å²) in [6, 6.07) is 17.7. The number of amides is 1. The average molecular weight is 374 g/mol. The van der Waals surface area contributed by atoms with Crippen LogP contribution in [-0.4, -0.2) is 25.1 Å². The van der Waals surface area contributed by atoms with E-state index in [0.29, 0.717) is 28.4 Å². The van der Waals surface area contributed by atoms with E-state index >= 15 is 0 Å². The van der Waals surface area contributed by atoms with E-state index < -0.39 is 0 Å². The number of carbonyl (C=O) groups excluding carboxylic acids is 1. The van der Waals surface area contributed by atoms with Crippen LogP contribution in [-0.2, 0) is 0 Å². The van der Waals surface area contributed by atoms with Crippen LogP contribution in [0.4, 0.5) is 17.2 Å². The summed E-state index contributed by atoms with van der Waals surface area (Å²) in [4.78, 5) is 16.9. The first-order valence-corrected chi connectivity index (χ1v) is 8.40. The van der Waals surface area contributed by atoms with Crippen LogP contribution in [0, 0.1) is 11.3 Å². The normalized spacial score (nSPS) is 9.89. The van der Waals surface area contributed by atoms with Crippen LogP contribution in [0.5, 0.6) is 11.5 Å². The van der Waals surface area contributed by atoms with Crippen molar-refractivity contribution in [3.63, 3.8) is 0 Å². The SMILES string of the molecule is COc1cccc(OC)c1C(=O)Nc1ccc(Nc2ccc(C#N)cc2)cn1. The summed E-state index contributed by atoms with van der Waals surface area (Å²) in [5.74, 6) is 0.838. The number of rotatable bonds is 6. The van der Waals surface area contributed by atoms with Crippen molar-refractivity contribution in [2.24, 2.45) is 0 Å². The van der Waals surface area contributed by atoms with Crippen LogP contribution in [0.2, 0.25) is 0 Å². The standard InChI is InChI=1S/C21H18N4O3/c1-27-17-4-3-5-18(28-2)20(17)21(26)25-19-11-10-16(13-23-19)24-15-8-6-14(12-22)7-9-15/h3-11,13,24H,1-2H3,(H,23,25,26). The second kappa shape index (κ2) is 8.56. The van der Waals surface area contributed by atoms with Crippen molar-refractivity contribution in [3.05, 3.63) is 71.9 Å². The Morgan fingerprint density at radius 1 is 0.964 bits per heavy atom. The van der Waals surface area contributed by atoms with Gasteiger partial charge >= 0.3 is 0 Å². The van der Waals surface area contributed by atoms with Crippen LogP contribution in [0.3, 0.4) is 0 Å². The number of aromatic nitrogens is 1. The minimum Gasteiger partial charge on any atom is -0.496 e. The first kappa shape index (κ1) is 18.7. The van der Waals surface area contributed by atoms with E-state index in [9.17, 15) is 4.79 Å². The van der Waals surface area contributed by atoms with E-state index in [2.05, 4.69) is 21.7 Å². The number of anilines is 3. The van der Waals surface area contributed by atoms with Crippen molar-refractivity contribution < 1.29 is 14.3 Å². The summed E-state index contributed by atoms with van der Waals surface area (Å²) in [5.41, 5.74) is 2.47. The molecule has 7 nitrogen and oxygen atoms in total. The molecule has 0 aliphatic rings. The van der Waals surface area contributed by atoms with E-state index in [1.807, 2.05) is 12.1 Å². The van der Waals surface area contributed by atoms with Gasteiger partial charge in [0.15, 0.2) is 0 Å². The lowest BCUT2D eigenvalue weighted by Gasteiger charge is -2.13. The lowest BCUT2D eigenvalue weighted by Crippen LogP contribution is -2.15. The van der Waals surface area contributed by atoms with Crippen LogP contribution in [0.25, 0.3) is 0 Å². The maximum Gasteiger partial charge on any atom is 0.264 e. The van der Waals surface area contributed by atoms with Gasteiger partial charge in [-0.25, -0.2) is 4.98 Å². The molecule has 0 spiro atoms. The Hall–Kier alpha value is -4.05. The first-order valence-electron chi connectivity index (χ1n) is 8.40. The molecule has 1 aromatic heterocycles. The molecular weight excluding hydrogens is 356 g/mol. The summed E-state index contributed by atoms with van der Waals surface area (Å²) in [7, 11) is 2.99. The van der Waals surface area contributed by atoms with Crippen molar-refractivity contribution in [2.75, 3.05) is 24.9 Å². The fraction of sp³-hybridized carbons (Fsp3) is 0.0952. The minimum atomic E-state index is -0.380. The van der Waals surface area contributed by atoms with E-state index in [0.717, 1.165) is 11.4 Å². The van der Waals surface area contributed by atoms with Crippen molar-refractivity contribution >= 4 is 23.1 Å². The zero-order valence-electron chi connectivity index (χ0n) is 15.4. The molecule has 0 aliphatic heterocycles. The fourth-order valence-corrected chi connectivity index (χ4v) is 2.59. The molecule has 0 bridgehead atoms. The molecule has 0 saturated carbocycles. The number of methoxy groups -OCH3 is 2. The number of hydrogen-bond acceptors (Lipinski definition) is 6. The molecule has 1 amide bonds. The van der Waals surface area contributed by atoms with Crippen LogP contribution in [0.15, 0.2) is 60.8 Å². The highest BCUT2D eigenvalue weighted by atomic mass is 16.5. The summed E-state index contributed by atoms with van der Waals surface area (Å²) < 4.78 is 10.5. The van der Waals surface area contributed by atoms with Crippen LogP contribution < -0.4 is 20.1 Å². The molecule has 2 aromatic carbocycles. The zero-order chi connectivity index (χ0) is 19.9. The Morgan fingerprint density at radius 2 is 1.61 bits per heavy atom. The number of hydrogen-bond donors (Lipinski definition) is 2. The predicted octanol–water partition coefficient (Wildman–Crippen LogP) is 3.97. The van der Waals surface area contributed by atoms with Gasteiger partial charge in [0.25, 0.3) is 5.91 Å². The van der Waals surface area contributed by atoms with Gasteiger partial charge in [0.2, 0.25) is 0 Å². The third kappa shape index (κ3) is 4.19. The van der Waals surface area contributed by atoms with Gasteiger partial charge in [-0.15, -0.1) is 0 Å². The molecule has 1 heterocycles. The summed E-state index contributed by atoms with van der Waals surface area (Å²) >= 11 is 0. The van der Waals surface area contributed by atoms with E-state index in [-0.39, 0.29) is 5.91 Å². The lowest BCUT2D eigenvalue weighted by molar-refractivity contribution is 0.102. The molecule has 0 atom stereocenters. The molecule has 3 aromatic rings. The molecule has 0 unspecified atom stereocenters. The highest BCUT2D eigenvalue weighted by Crippen LogP contribution is 2.29. The molecule has 2 N–H and O–H groups in total. The molecule has 0 radical (unpaired) electrons. The van der Waals surface area contributed by atoms with Crippen molar-refractivity contribution in [2.45, 2.75) is 0 Å². The maximum atomic E-state index is 12.7. The van der Waals surface area contributed by atoms with Crippen molar-refractivity contribution in [1.29, 1.82) is 5.26 Å². The quantitative estimate of drug-likeness (QED) is 0.678. The average Bonchev–Trinajstić information content (AvgIpc) is 2.75. The van der Waals surface area contributed by atoms with Gasteiger partial charge in [-0.1, -0.05) is 6.07 Å². The number of ether oxygens (including phenoxy) is 2. The zero-order valence-corrected chi connectivity index (χ0v) is 15.4. The Balaban J connectivity index is 1.72. The fourth-order valence-electron chi connectivity index (χ4n) is 2.59. The summed E-state index contributed by atoms with van der Waals surface area (Å²) in [5, 5.41) is 14.8. The second-order valence-corrected chi connectivity index (χ2v) is 5.74. The lowest BCUT2D eigenvalue weighted by atomic mass is 10.1. The Morgan fingerprint density at radius 3 is 2.14 bits per heavy atom. The van der Waals surface area contributed by atoms with Gasteiger partial charge in [-0.2, -0.15) is 5.26 Å². The molecule has 3 rings (SSSR count). The monoisotopic (exact) mass is 374 g/mol. The van der Waals surface area contributed by atoms with Crippen LogP contribution >= 0.6 is 0 Å². The number of carbonyl (C=O) groups is 1. The third-order valence-electron chi connectivity index (χ3n) is 3.96. The van der Waals surface area contributed by atoms with Gasteiger partial charge in [0.05, 0.1) is 37.7 Å². The Labute approximate surface area is 162 Å². The number of nitrogens with zero attached hydrogens (tertiary/aromatic N) is 2. The molecule has 140 valence electrons. The molecule has 0 aliphatic carbocycles. The number of nitrogens with one attached hydrogen (secondary N) is 2. The van der Waals surface area contributed by atoms with Gasteiger partial charge in [-0.3, -0.25) is 4.79 Å². The van der Waals surface area contributed by atoms with E-state index in [1.54, 1.807) is 48.7 Å². The molecular formula is C21H18N4O3. The van der Waals surface area contributed by atoms with Gasteiger partial charge in [-0.05, 0) is 48.5 Å². The second-order valence-electron chi connectivity index (χ2n) is 5.74. The van der Waals surface area contributed by atoms with E-state index in [4.69, 9.17) is 14.7 Å². The van der Waals surface area contributed by atoms with E-state index in [1.165, 1.54) is 14.2 Å². The van der Waals surface area contributed by atoms with Gasteiger partial charge in [0, 0.05) is 5.69 Å². The number of nitriles is 1. The summed E-state index contributed by atoms with van der Waals surface area (Å²) in [6.07, 6.45) is 1.60. The Kier molecular flexibility index (Phi) is 5.72. The highest BCUT2D eigenvalue weighted by Gasteiger charge is 2.18. The largest absolute Gasteiger partial charge is 0.496 e. The van der Waals surface area contributed by atoms with Crippen LogP contribution in [0.1, 0.15) is 15.9 Å². The Bertz CT molecular complexity index is 987. The van der Waals surface area contributed by atoms with Crippen molar-refractivity contribution in [1.82, 2.24) is 4.98 Å². The maximum absolute atomic E-state index is 12.7. The smallest absolute Gasteiger partial charge is 0.264 e. The summed E-state index contributed by atoms with van der Waals surface area (Å²) in [6.45, 7) is 0. The molecule has 0 fully saturated rings. The predicted molar refractivity (Wildman–Crippen MR) is 106 cm³/mol. The van der Waals surface area contributed by atoms with Crippen molar-refractivity contribution in [3.8, 4) is 17.6 Å². The van der Waals surface area contributed by atoms with Gasteiger partial charge < -0.3 is 20.1 Å². The number of benzene rings is 2. The number of pyridine rings is 1. The molecule has 7 heteroatoms. The molecule has 0 saturated heterocycles. The van der Waals surface area contributed by atoms with Gasteiger partial charge in [0.1, 0.15) is 22.9 Å². The highest BCUT2D eigenvalue weighted by molar-refractivity contribution is 6.07. The minimum absolute atomic E-state index is 0.300.